The monoisotopic (exact) mass is 399 g/mol. The second-order valence-electron chi connectivity index (χ2n) is 7.57. The Hall–Kier alpha value is -3.46. The number of benzene rings is 2. The van der Waals surface area contributed by atoms with E-state index in [1.807, 2.05) is 32.0 Å². The lowest BCUT2D eigenvalue weighted by atomic mass is 9.98. The standard InChI is InChI=1S/C27H24N2O/c1-16(2)20-9-10-21-23-14-28-15-24(27(23)30-26(21)11-20)25-12-22(18(4)13-29-25)19-7-5-17(3)6-8-19/h5-16H,1-4H3/i3D3,4D3,16D. The van der Waals surface area contributed by atoms with Crippen molar-refractivity contribution >= 4 is 21.9 Å². The van der Waals surface area contributed by atoms with Crippen molar-refractivity contribution in [3.63, 3.8) is 0 Å². The molecule has 3 aromatic heterocycles. The van der Waals surface area contributed by atoms with Gasteiger partial charge in [-0.3, -0.25) is 9.97 Å². The van der Waals surface area contributed by atoms with E-state index in [1.54, 1.807) is 30.6 Å². The molecular weight excluding hydrogens is 368 g/mol. The zero-order valence-electron chi connectivity index (χ0n) is 23.7. The lowest BCUT2D eigenvalue weighted by Gasteiger charge is -2.09. The highest BCUT2D eigenvalue weighted by Gasteiger charge is 2.16. The molecule has 0 amide bonds. The van der Waals surface area contributed by atoms with Gasteiger partial charge in [-0.05, 0) is 54.0 Å². The van der Waals surface area contributed by atoms with Gasteiger partial charge in [0.05, 0.1) is 11.3 Å². The molecule has 0 spiro atoms. The van der Waals surface area contributed by atoms with E-state index in [0.717, 1.165) is 16.3 Å². The molecule has 5 rings (SSSR count). The van der Waals surface area contributed by atoms with Crippen LogP contribution in [-0.2, 0) is 0 Å². The lowest BCUT2D eigenvalue weighted by molar-refractivity contribution is 0.667. The number of hydrogen-bond acceptors (Lipinski definition) is 3. The van der Waals surface area contributed by atoms with Crippen LogP contribution in [0.2, 0.25) is 0 Å². The van der Waals surface area contributed by atoms with Crippen LogP contribution >= 0.6 is 0 Å². The first kappa shape index (κ1) is 12.3. The molecule has 3 nitrogen and oxygen atoms in total. The molecule has 2 aromatic carbocycles. The molecule has 3 heteroatoms. The quantitative estimate of drug-likeness (QED) is 0.316. The fourth-order valence-electron chi connectivity index (χ4n) is 3.67. The van der Waals surface area contributed by atoms with Crippen molar-refractivity contribution in [3.05, 3.63) is 83.8 Å². The van der Waals surface area contributed by atoms with E-state index in [1.165, 1.54) is 18.3 Å². The molecule has 0 radical (unpaired) electrons. The number of aryl methyl sites for hydroxylation is 2. The highest BCUT2D eigenvalue weighted by Crippen LogP contribution is 2.37. The van der Waals surface area contributed by atoms with Gasteiger partial charge in [-0.25, -0.2) is 0 Å². The maximum atomic E-state index is 8.34. The summed E-state index contributed by atoms with van der Waals surface area (Å²) >= 11 is 0. The number of fused-ring (bicyclic) bond motifs is 3. The van der Waals surface area contributed by atoms with Crippen molar-refractivity contribution in [2.75, 3.05) is 0 Å². The van der Waals surface area contributed by atoms with Gasteiger partial charge in [0.2, 0.25) is 0 Å². The number of aromatic nitrogens is 2. The molecule has 0 N–H and O–H groups in total. The van der Waals surface area contributed by atoms with Gasteiger partial charge in [0.25, 0.3) is 0 Å². The first-order valence-electron chi connectivity index (χ1n) is 13.2. The minimum atomic E-state index is -2.42. The molecule has 0 bridgehead atoms. The number of furan rings is 1. The summed E-state index contributed by atoms with van der Waals surface area (Å²) in [4.78, 5) is 8.84. The topological polar surface area (TPSA) is 38.9 Å². The number of hydrogen-bond donors (Lipinski definition) is 0. The van der Waals surface area contributed by atoms with Gasteiger partial charge in [0, 0.05) is 39.0 Å². The summed E-state index contributed by atoms with van der Waals surface area (Å²) in [5.74, 6) is -0.787. The third-order valence-corrected chi connectivity index (χ3v) is 5.33. The van der Waals surface area contributed by atoms with E-state index in [-0.39, 0.29) is 11.1 Å². The van der Waals surface area contributed by atoms with E-state index < -0.39 is 19.6 Å². The Morgan fingerprint density at radius 2 is 1.77 bits per heavy atom. The zero-order chi connectivity index (χ0) is 26.8. The number of rotatable bonds is 3. The van der Waals surface area contributed by atoms with Crippen LogP contribution in [0, 0.1) is 13.7 Å². The minimum absolute atomic E-state index is 0.0601. The predicted molar refractivity (Wildman–Crippen MR) is 124 cm³/mol. The van der Waals surface area contributed by atoms with Crippen LogP contribution in [0.3, 0.4) is 0 Å². The van der Waals surface area contributed by atoms with Gasteiger partial charge < -0.3 is 4.42 Å². The third kappa shape index (κ3) is 3.07. The Bertz CT molecular complexity index is 1630. The first-order valence-corrected chi connectivity index (χ1v) is 9.66. The van der Waals surface area contributed by atoms with E-state index in [9.17, 15) is 0 Å². The Labute approximate surface area is 186 Å². The molecule has 0 saturated carbocycles. The predicted octanol–water partition coefficient (Wildman–Crippen LogP) is 7.45. The van der Waals surface area contributed by atoms with Crippen LogP contribution in [0.4, 0.5) is 0 Å². The number of pyridine rings is 2. The maximum Gasteiger partial charge on any atom is 0.147 e. The molecule has 0 fully saturated rings. The molecule has 30 heavy (non-hydrogen) atoms. The van der Waals surface area contributed by atoms with Gasteiger partial charge in [-0.2, -0.15) is 0 Å². The van der Waals surface area contributed by atoms with Crippen LogP contribution in [0.15, 0.2) is 71.5 Å². The maximum absolute atomic E-state index is 8.34. The van der Waals surface area contributed by atoms with Gasteiger partial charge in [0.15, 0.2) is 0 Å². The highest BCUT2D eigenvalue weighted by atomic mass is 16.3. The van der Waals surface area contributed by atoms with Crippen molar-refractivity contribution < 1.29 is 14.0 Å². The molecule has 0 aliphatic rings. The zero-order valence-corrected chi connectivity index (χ0v) is 16.7. The largest absolute Gasteiger partial charge is 0.455 e. The summed E-state index contributed by atoms with van der Waals surface area (Å²) in [5, 5.41) is 1.64. The Morgan fingerprint density at radius 1 is 0.900 bits per heavy atom. The van der Waals surface area contributed by atoms with Crippen LogP contribution in [-0.4, -0.2) is 9.97 Å². The SMILES string of the molecule is [2H]C([2H])([2H])c1ccc(-c2cc(-c3cncc4c3oc3cc(C([2H])(C)C)ccc34)ncc2C([2H])([2H])[2H])cc1. The summed E-state index contributed by atoms with van der Waals surface area (Å²) in [5.41, 5.74) is 4.29. The van der Waals surface area contributed by atoms with Gasteiger partial charge in [0.1, 0.15) is 11.2 Å². The molecular formula is C27H24N2O. The molecule has 0 atom stereocenters. The molecule has 5 aromatic rings. The van der Waals surface area contributed by atoms with Crippen LogP contribution in [0.5, 0.6) is 0 Å². The summed E-state index contributed by atoms with van der Waals surface area (Å²) < 4.78 is 61.4. The Balaban J connectivity index is 1.70. The molecule has 0 aliphatic carbocycles. The smallest absolute Gasteiger partial charge is 0.147 e. The summed E-state index contributed by atoms with van der Waals surface area (Å²) in [6, 6.07) is 13.5. The molecule has 0 unspecified atom stereocenters. The third-order valence-electron chi connectivity index (χ3n) is 5.33. The lowest BCUT2D eigenvalue weighted by Crippen LogP contribution is -1.91. The van der Waals surface area contributed by atoms with Crippen molar-refractivity contribution in [2.24, 2.45) is 0 Å². The molecule has 0 aliphatic heterocycles. The van der Waals surface area contributed by atoms with Crippen LogP contribution in [0.25, 0.3) is 44.3 Å². The highest BCUT2D eigenvalue weighted by molar-refractivity contribution is 6.09. The summed E-state index contributed by atoms with van der Waals surface area (Å²) in [7, 11) is 0. The van der Waals surface area contributed by atoms with E-state index >= 15 is 0 Å². The van der Waals surface area contributed by atoms with Gasteiger partial charge in [-0.15, -0.1) is 0 Å². The van der Waals surface area contributed by atoms with Crippen LogP contribution < -0.4 is 0 Å². The van der Waals surface area contributed by atoms with Gasteiger partial charge >= 0.3 is 0 Å². The Kier molecular flexibility index (Phi) is 2.91. The van der Waals surface area contributed by atoms with E-state index in [4.69, 9.17) is 14.0 Å². The normalized spacial score (nSPS) is 16.3. The van der Waals surface area contributed by atoms with Crippen molar-refractivity contribution in [3.8, 4) is 22.4 Å². The second kappa shape index (κ2) is 7.10. The average Bonchev–Trinajstić information content (AvgIpc) is 3.20. The average molecular weight is 400 g/mol. The minimum Gasteiger partial charge on any atom is -0.455 e. The second-order valence-corrected chi connectivity index (χ2v) is 7.57. The fourth-order valence-corrected chi connectivity index (χ4v) is 3.67. The summed E-state index contributed by atoms with van der Waals surface area (Å²) in [6.45, 7) is -1.06. The first-order chi connectivity index (χ1) is 17.2. The molecule has 0 saturated heterocycles. The number of nitrogens with zero attached hydrogens (tertiary/aromatic N) is 2. The van der Waals surface area contributed by atoms with Crippen molar-refractivity contribution in [1.82, 2.24) is 9.97 Å². The van der Waals surface area contributed by atoms with E-state index in [0.29, 0.717) is 33.6 Å². The molecule has 3 heterocycles. The Morgan fingerprint density at radius 3 is 2.53 bits per heavy atom. The van der Waals surface area contributed by atoms with E-state index in [2.05, 4.69) is 9.97 Å². The van der Waals surface area contributed by atoms with Gasteiger partial charge in [-0.1, -0.05) is 55.8 Å². The summed E-state index contributed by atoms with van der Waals surface area (Å²) in [6.07, 6.45) is 4.66. The molecule has 148 valence electrons. The van der Waals surface area contributed by atoms with Crippen molar-refractivity contribution in [1.29, 1.82) is 0 Å². The fraction of sp³-hybridized carbons (Fsp3) is 0.185. The van der Waals surface area contributed by atoms with Crippen molar-refractivity contribution in [2.45, 2.75) is 33.4 Å². The van der Waals surface area contributed by atoms with Crippen LogP contribution in [0.1, 0.15) is 46.0 Å².